The smallest absolute Gasteiger partial charge is 0.231 e. The Morgan fingerprint density at radius 2 is 2.31 bits per heavy atom. The fraction of sp³-hybridized carbons (Fsp3) is 0.455. The predicted molar refractivity (Wildman–Crippen MR) is 64.4 cm³/mol. The van der Waals surface area contributed by atoms with Gasteiger partial charge in [-0.1, -0.05) is 12.1 Å². The van der Waals surface area contributed by atoms with Crippen LogP contribution in [0.5, 0.6) is 0 Å². The molecule has 2 aromatic rings. The molecule has 16 heavy (non-hydrogen) atoms. The van der Waals surface area contributed by atoms with E-state index in [0.29, 0.717) is 18.3 Å². The minimum atomic E-state index is 0.167. The van der Waals surface area contributed by atoms with Crippen molar-refractivity contribution >= 4 is 11.3 Å². The Morgan fingerprint density at radius 3 is 2.88 bits per heavy atom. The lowest BCUT2D eigenvalue weighted by Crippen LogP contribution is -2.11. The summed E-state index contributed by atoms with van der Waals surface area (Å²) in [6.07, 6.45) is 0.917. The molecule has 0 aliphatic rings. The summed E-state index contributed by atoms with van der Waals surface area (Å²) in [5.74, 6) is 1.48. The second-order valence-electron chi connectivity index (χ2n) is 3.77. The average Bonchev–Trinajstić information content (AvgIpc) is 2.89. The summed E-state index contributed by atoms with van der Waals surface area (Å²) in [5, 5.41) is 8.11. The molecule has 0 bridgehead atoms. The van der Waals surface area contributed by atoms with Crippen LogP contribution in [0, 0.1) is 6.92 Å². The number of rotatable bonds is 4. The topological polar surface area (TPSA) is 64.9 Å². The highest BCUT2D eigenvalue weighted by Gasteiger charge is 2.17. The molecule has 0 aliphatic heterocycles. The largest absolute Gasteiger partial charge is 0.339 e. The van der Waals surface area contributed by atoms with E-state index in [2.05, 4.69) is 22.4 Å². The summed E-state index contributed by atoms with van der Waals surface area (Å²) in [4.78, 5) is 4.40. The van der Waals surface area contributed by atoms with Crippen LogP contribution in [-0.4, -0.2) is 16.7 Å². The third-order valence-corrected chi connectivity index (χ3v) is 3.53. The lowest BCUT2D eigenvalue weighted by Gasteiger charge is -2.04. The van der Waals surface area contributed by atoms with Gasteiger partial charge < -0.3 is 10.3 Å². The maximum absolute atomic E-state index is 5.65. The Morgan fingerprint density at radius 1 is 1.50 bits per heavy atom. The van der Waals surface area contributed by atoms with Gasteiger partial charge in [-0.2, -0.15) is 16.3 Å². The van der Waals surface area contributed by atoms with E-state index in [1.165, 1.54) is 5.56 Å². The number of hydrogen-bond donors (Lipinski definition) is 1. The van der Waals surface area contributed by atoms with Crippen LogP contribution >= 0.6 is 11.3 Å². The second kappa shape index (κ2) is 4.76. The molecule has 0 aromatic carbocycles. The highest BCUT2D eigenvalue weighted by atomic mass is 32.1. The third-order valence-electron chi connectivity index (χ3n) is 2.66. The van der Waals surface area contributed by atoms with Gasteiger partial charge in [0.1, 0.15) is 0 Å². The Balaban J connectivity index is 2.29. The Hall–Kier alpha value is -1.20. The van der Waals surface area contributed by atoms with Crippen LogP contribution in [0.15, 0.2) is 15.3 Å². The molecule has 2 heterocycles. The Kier molecular flexibility index (Phi) is 3.36. The lowest BCUT2D eigenvalue weighted by atomic mass is 10.1. The normalized spacial score (nSPS) is 12.9. The number of nitrogens with zero attached hydrogens (tertiary/aromatic N) is 2. The first-order valence-corrected chi connectivity index (χ1v) is 6.27. The standard InChI is InChI=1S/C11H15N3OS/c1-3-8(4-12)11-13-10(14-15-11)9-6-16-5-7(9)2/h5-6,8H,3-4,12H2,1-2H3. The molecule has 2 aromatic heterocycles. The molecule has 5 heteroatoms. The summed E-state index contributed by atoms with van der Waals surface area (Å²) < 4.78 is 5.25. The van der Waals surface area contributed by atoms with Crippen molar-refractivity contribution < 1.29 is 4.52 Å². The van der Waals surface area contributed by atoms with Crippen LogP contribution in [-0.2, 0) is 0 Å². The monoisotopic (exact) mass is 237 g/mol. The van der Waals surface area contributed by atoms with Gasteiger partial charge in [0.05, 0.1) is 5.92 Å². The van der Waals surface area contributed by atoms with Gasteiger partial charge in [-0.15, -0.1) is 0 Å². The first-order chi connectivity index (χ1) is 7.76. The summed E-state index contributed by atoms with van der Waals surface area (Å²) in [7, 11) is 0. The van der Waals surface area contributed by atoms with Crippen LogP contribution < -0.4 is 5.73 Å². The van der Waals surface area contributed by atoms with Crippen molar-refractivity contribution in [1.82, 2.24) is 10.1 Å². The fourth-order valence-corrected chi connectivity index (χ4v) is 2.37. The van der Waals surface area contributed by atoms with Crippen molar-refractivity contribution in [2.45, 2.75) is 26.2 Å². The minimum Gasteiger partial charge on any atom is -0.339 e. The molecule has 0 spiro atoms. The van der Waals surface area contributed by atoms with Gasteiger partial charge in [-0.3, -0.25) is 0 Å². The lowest BCUT2D eigenvalue weighted by molar-refractivity contribution is 0.351. The molecule has 0 radical (unpaired) electrons. The molecule has 2 rings (SSSR count). The fourth-order valence-electron chi connectivity index (χ4n) is 1.54. The quantitative estimate of drug-likeness (QED) is 0.887. The number of aromatic nitrogens is 2. The molecule has 0 saturated heterocycles. The van der Waals surface area contributed by atoms with Crippen molar-refractivity contribution in [2.24, 2.45) is 5.73 Å². The summed E-state index contributed by atoms with van der Waals surface area (Å²) in [6, 6.07) is 0. The molecule has 86 valence electrons. The maximum atomic E-state index is 5.65. The van der Waals surface area contributed by atoms with Gasteiger partial charge in [0.15, 0.2) is 0 Å². The molecular weight excluding hydrogens is 222 g/mol. The van der Waals surface area contributed by atoms with Gasteiger partial charge >= 0.3 is 0 Å². The Labute approximate surface area is 98.5 Å². The van der Waals surface area contributed by atoms with E-state index < -0.39 is 0 Å². The molecular formula is C11H15N3OS. The van der Waals surface area contributed by atoms with Crippen molar-refractivity contribution in [3.63, 3.8) is 0 Å². The molecule has 1 atom stereocenters. The molecule has 0 fully saturated rings. The molecule has 2 N–H and O–H groups in total. The molecule has 0 saturated carbocycles. The zero-order valence-electron chi connectivity index (χ0n) is 9.43. The summed E-state index contributed by atoms with van der Waals surface area (Å²) >= 11 is 1.64. The SMILES string of the molecule is CCC(CN)c1nc(-c2cscc2C)no1. The molecule has 0 aliphatic carbocycles. The van der Waals surface area contributed by atoms with E-state index in [4.69, 9.17) is 10.3 Å². The van der Waals surface area contributed by atoms with Gasteiger partial charge in [0, 0.05) is 17.5 Å². The van der Waals surface area contributed by atoms with E-state index in [1.807, 2.05) is 12.3 Å². The van der Waals surface area contributed by atoms with Crippen LogP contribution in [0.2, 0.25) is 0 Å². The summed E-state index contributed by atoms with van der Waals surface area (Å²) in [5.41, 5.74) is 7.87. The van der Waals surface area contributed by atoms with E-state index in [9.17, 15) is 0 Å². The van der Waals surface area contributed by atoms with E-state index >= 15 is 0 Å². The summed E-state index contributed by atoms with van der Waals surface area (Å²) in [6.45, 7) is 4.65. The predicted octanol–water partition coefficient (Wildman–Crippen LogP) is 2.56. The zero-order chi connectivity index (χ0) is 11.5. The van der Waals surface area contributed by atoms with Gasteiger partial charge in [0.2, 0.25) is 11.7 Å². The van der Waals surface area contributed by atoms with E-state index in [1.54, 1.807) is 11.3 Å². The first kappa shape index (κ1) is 11.3. The highest BCUT2D eigenvalue weighted by molar-refractivity contribution is 7.08. The third kappa shape index (κ3) is 2.01. The van der Waals surface area contributed by atoms with Gasteiger partial charge in [-0.25, -0.2) is 0 Å². The van der Waals surface area contributed by atoms with E-state index in [-0.39, 0.29) is 5.92 Å². The highest BCUT2D eigenvalue weighted by Crippen LogP contribution is 2.26. The van der Waals surface area contributed by atoms with Crippen LogP contribution in [0.4, 0.5) is 0 Å². The maximum Gasteiger partial charge on any atom is 0.231 e. The van der Waals surface area contributed by atoms with Crippen molar-refractivity contribution in [3.05, 3.63) is 22.2 Å². The first-order valence-electron chi connectivity index (χ1n) is 5.33. The van der Waals surface area contributed by atoms with Crippen LogP contribution in [0.1, 0.15) is 30.7 Å². The number of aryl methyl sites for hydroxylation is 1. The van der Waals surface area contributed by atoms with Crippen LogP contribution in [0.25, 0.3) is 11.4 Å². The molecule has 4 nitrogen and oxygen atoms in total. The Bertz CT molecular complexity index is 459. The average molecular weight is 237 g/mol. The molecule has 0 amide bonds. The number of thiophene rings is 1. The van der Waals surface area contributed by atoms with Crippen molar-refractivity contribution in [3.8, 4) is 11.4 Å². The van der Waals surface area contributed by atoms with Crippen molar-refractivity contribution in [1.29, 1.82) is 0 Å². The zero-order valence-corrected chi connectivity index (χ0v) is 10.3. The number of hydrogen-bond acceptors (Lipinski definition) is 5. The molecule has 1 unspecified atom stereocenters. The number of nitrogens with two attached hydrogens (primary N) is 1. The second-order valence-corrected chi connectivity index (χ2v) is 4.51. The van der Waals surface area contributed by atoms with Crippen molar-refractivity contribution in [2.75, 3.05) is 6.54 Å². The van der Waals surface area contributed by atoms with Crippen LogP contribution in [0.3, 0.4) is 0 Å². The minimum absolute atomic E-state index is 0.167. The van der Waals surface area contributed by atoms with E-state index in [0.717, 1.165) is 12.0 Å². The van der Waals surface area contributed by atoms with Gasteiger partial charge in [0.25, 0.3) is 0 Å². The van der Waals surface area contributed by atoms with Gasteiger partial charge in [-0.05, 0) is 24.3 Å².